The summed E-state index contributed by atoms with van der Waals surface area (Å²) in [5.74, 6) is 0.0963. The van der Waals surface area contributed by atoms with Crippen LogP contribution in [0.2, 0.25) is 26.2 Å². The zero-order valence-electron chi connectivity index (χ0n) is 18.9. The first kappa shape index (κ1) is 25.8. The van der Waals surface area contributed by atoms with Gasteiger partial charge in [0.1, 0.15) is 0 Å². The highest BCUT2D eigenvalue weighted by Crippen LogP contribution is 2.27. The fourth-order valence-corrected chi connectivity index (χ4v) is 4.96. The summed E-state index contributed by atoms with van der Waals surface area (Å²) < 4.78 is 12.6. The summed E-state index contributed by atoms with van der Waals surface area (Å²) >= 11 is 0. The van der Waals surface area contributed by atoms with Crippen LogP contribution in [0.25, 0.3) is 0 Å². The zero-order chi connectivity index (χ0) is 20.7. The van der Waals surface area contributed by atoms with E-state index in [9.17, 15) is 4.79 Å². The van der Waals surface area contributed by atoms with Crippen molar-refractivity contribution in [1.29, 1.82) is 0 Å². The molecule has 1 amide bonds. The second-order valence-electron chi connectivity index (χ2n) is 9.92. The van der Waals surface area contributed by atoms with Gasteiger partial charge >= 0.3 is 0 Å². The average molecular weight is 405 g/mol. The molecule has 0 saturated carbocycles. The molecule has 0 rings (SSSR count). The first-order valence-electron chi connectivity index (χ1n) is 9.97. The Morgan fingerprint density at radius 1 is 0.885 bits per heavy atom. The third-order valence-corrected chi connectivity index (χ3v) is 6.03. The van der Waals surface area contributed by atoms with Crippen LogP contribution in [0.4, 0.5) is 0 Å². The van der Waals surface area contributed by atoms with Crippen molar-refractivity contribution < 1.29 is 13.6 Å². The molecular formula is C19H44N2O3Si2. The second-order valence-corrected chi connectivity index (χ2v) is 14.7. The van der Waals surface area contributed by atoms with Gasteiger partial charge in [0.2, 0.25) is 5.91 Å². The molecule has 0 saturated heterocycles. The fraction of sp³-hybridized carbons (Fsp3) is 0.947. The number of hydrogen-bond acceptors (Lipinski definition) is 4. The molecular weight excluding hydrogens is 360 g/mol. The van der Waals surface area contributed by atoms with Gasteiger partial charge in [0.05, 0.1) is 12.2 Å². The third-order valence-electron chi connectivity index (χ3n) is 4.29. The Balaban J connectivity index is 5.51. The van der Waals surface area contributed by atoms with Crippen molar-refractivity contribution in [2.45, 2.75) is 86.4 Å². The van der Waals surface area contributed by atoms with Crippen LogP contribution in [-0.4, -0.2) is 60.7 Å². The van der Waals surface area contributed by atoms with E-state index in [0.29, 0.717) is 26.1 Å². The lowest BCUT2D eigenvalue weighted by molar-refractivity contribution is -0.135. The molecule has 0 aromatic heterocycles. The largest absolute Gasteiger partial charge is 0.415 e. The normalized spacial score (nSPS) is 15.4. The molecule has 0 aliphatic carbocycles. The van der Waals surface area contributed by atoms with Crippen LogP contribution in [0.3, 0.4) is 0 Å². The van der Waals surface area contributed by atoms with Gasteiger partial charge < -0.3 is 19.5 Å². The molecule has 0 aliphatic heterocycles. The Hall–Kier alpha value is -0.216. The highest BCUT2D eigenvalue weighted by Gasteiger charge is 2.34. The topological polar surface area (TPSA) is 64.8 Å². The maximum atomic E-state index is 12.8. The number of amides is 1. The maximum Gasteiger partial charge on any atom is 0.224 e. The maximum absolute atomic E-state index is 12.8. The van der Waals surface area contributed by atoms with E-state index in [1.54, 1.807) is 0 Å². The fourth-order valence-electron chi connectivity index (χ4n) is 2.66. The van der Waals surface area contributed by atoms with E-state index in [0.717, 1.165) is 0 Å². The molecule has 2 atom stereocenters. The summed E-state index contributed by atoms with van der Waals surface area (Å²) in [4.78, 5) is 14.7. The van der Waals surface area contributed by atoms with E-state index in [1.165, 1.54) is 0 Å². The molecule has 0 fully saturated rings. The van der Waals surface area contributed by atoms with Gasteiger partial charge in [-0.15, -0.1) is 0 Å². The third kappa shape index (κ3) is 10.2. The summed E-state index contributed by atoms with van der Waals surface area (Å²) in [6.07, 6.45) is 0.409. The Morgan fingerprint density at radius 3 is 1.46 bits per heavy atom. The van der Waals surface area contributed by atoms with Crippen molar-refractivity contribution in [1.82, 2.24) is 4.90 Å². The molecule has 0 aromatic rings. The van der Waals surface area contributed by atoms with Crippen LogP contribution in [0.5, 0.6) is 0 Å². The molecule has 0 aliphatic rings. The molecule has 0 radical (unpaired) electrons. The van der Waals surface area contributed by atoms with Crippen molar-refractivity contribution in [3.05, 3.63) is 0 Å². The molecule has 2 N–H and O–H groups in total. The van der Waals surface area contributed by atoms with E-state index in [2.05, 4.69) is 67.7 Å². The van der Waals surface area contributed by atoms with E-state index in [1.807, 2.05) is 4.90 Å². The van der Waals surface area contributed by atoms with Crippen molar-refractivity contribution in [3.8, 4) is 0 Å². The van der Waals surface area contributed by atoms with Gasteiger partial charge in [-0.25, -0.2) is 0 Å². The zero-order valence-corrected chi connectivity index (χ0v) is 21.2. The molecule has 0 bridgehead atoms. The molecule has 156 valence electrons. The predicted octanol–water partition coefficient (Wildman–Crippen LogP) is 2.99. The van der Waals surface area contributed by atoms with Gasteiger partial charge in [-0.3, -0.25) is 4.79 Å². The van der Waals surface area contributed by atoms with Crippen LogP contribution < -0.4 is 5.73 Å². The number of carbonyl (C=O) groups excluding carboxylic acids is 1. The van der Waals surface area contributed by atoms with Gasteiger partial charge in [0, 0.05) is 26.1 Å². The highest BCUT2D eigenvalue weighted by molar-refractivity contribution is 6.48. The summed E-state index contributed by atoms with van der Waals surface area (Å²) in [5, 5.41) is 0. The molecule has 2 unspecified atom stereocenters. The van der Waals surface area contributed by atoms with Crippen LogP contribution >= 0.6 is 0 Å². The van der Waals surface area contributed by atoms with Crippen LogP contribution in [0, 0.1) is 10.8 Å². The Labute approximate surface area is 165 Å². The minimum absolute atomic E-state index is 0.0211. The number of rotatable bonds is 10. The lowest BCUT2D eigenvalue weighted by Crippen LogP contribution is -2.51. The Kier molecular flexibility index (Phi) is 10.9. The number of nitrogens with zero attached hydrogens (tertiary/aromatic N) is 1. The van der Waals surface area contributed by atoms with Crippen LogP contribution in [0.1, 0.15) is 48.0 Å². The van der Waals surface area contributed by atoms with Gasteiger partial charge in [-0.05, 0) is 37.0 Å². The Bertz CT molecular complexity index is 388. The summed E-state index contributed by atoms with van der Waals surface area (Å²) in [6.45, 7) is 23.4. The molecule has 0 spiro atoms. The van der Waals surface area contributed by atoms with Gasteiger partial charge in [-0.2, -0.15) is 0 Å². The minimum Gasteiger partial charge on any atom is -0.415 e. The lowest BCUT2D eigenvalue weighted by atomic mass is 9.87. The summed E-state index contributed by atoms with van der Waals surface area (Å²) in [5.41, 5.74) is 5.62. The van der Waals surface area contributed by atoms with Gasteiger partial charge in [0.15, 0.2) is 18.1 Å². The minimum atomic E-state index is -1.21. The van der Waals surface area contributed by atoms with Crippen molar-refractivity contribution in [2.75, 3.05) is 19.6 Å². The van der Waals surface area contributed by atoms with Crippen molar-refractivity contribution in [2.24, 2.45) is 16.6 Å². The van der Waals surface area contributed by atoms with Crippen molar-refractivity contribution >= 4 is 24.0 Å². The number of carbonyl (C=O) groups is 1. The SMILES string of the molecule is C[SiH](C)OC(CN(CC(O[SiH](C)C)C(C)(C)C)C(=O)CCN)C(C)(C)C. The van der Waals surface area contributed by atoms with Crippen LogP contribution in [-0.2, 0) is 13.6 Å². The monoisotopic (exact) mass is 404 g/mol. The molecule has 0 heterocycles. The van der Waals surface area contributed by atoms with E-state index < -0.39 is 18.1 Å². The van der Waals surface area contributed by atoms with E-state index >= 15 is 0 Å². The summed E-state index contributed by atoms with van der Waals surface area (Å²) in [6, 6.07) is 0. The lowest BCUT2D eigenvalue weighted by Gasteiger charge is -2.40. The average Bonchev–Trinajstić information content (AvgIpc) is 2.41. The predicted molar refractivity (Wildman–Crippen MR) is 117 cm³/mol. The van der Waals surface area contributed by atoms with Crippen LogP contribution in [0.15, 0.2) is 0 Å². The first-order valence-corrected chi connectivity index (χ1v) is 15.5. The number of hydrogen-bond donors (Lipinski definition) is 1. The smallest absolute Gasteiger partial charge is 0.224 e. The summed E-state index contributed by atoms with van der Waals surface area (Å²) in [7, 11) is -2.43. The standard InChI is InChI=1S/C19H44N2O3Si2/c1-18(2,3)15(23-25(7)8)13-21(17(22)11-12-20)14-16(19(4,5)6)24-26(9)10/h15-16,25-26H,11-14,20H2,1-10H3. The van der Waals surface area contributed by atoms with Gasteiger partial charge in [-0.1, -0.05) is 41.5 Å². The highest BCUT2D eigenvalue weighted by atomic mass is 28.3. The van der Waals surface area contributed by atoms with E-state index in [-0.39, 0.29) is 28.9 Å². The van der Waals surface area contributed by atoms with Crippen molar-refractivity contribution in [3.63, 3.8) is 0 Å². The quantitative estimate of drug-likeness (QED) is 0.569. The molecule has 7 heteroatoms. The number of nitrogens with two attached hydrogens (primary N) is 1. The first-order chi connectivity index (χ1) is 11.7. The van der Waals surface area contributed by atoms with Gasteiger partial charge in [0.25, 0.3) is 0 Å². The Morgan fingerprint density at radius 2 is 1.23 bits per heavy atom. The molecule has 5 nitrogen and oxygen atoms in total. The molecule has 0 aromatic carbocycles. The second kappa shape index (κ2) is 10.9. The molecule has 26 heavy (non-hydrogen) atoms. The van der Waals surface area contributed by atoms with E-state index in [4.69, 9.17) is 14.6 Å².